The summed E-state index contributed by atoms with van der Waals surface area (Å²) in [6.07, 6.45) is -0.103. The highest BCUT2D eigenvalue weighted by molar-refractivity contribution is 5.84. The van der Waals surface area contributed by atoms with Crippen LogP contribution < -0.4 is 14.8 Å². The molecule has 6 heteroatoms. The Morgan fingerprint density at radius 2 is 1.61 bits per heavy atom. The van der Waals surface area contributed by atoms with E-state index in [1.165, 1.54) is 0 Å². The molecule has 2 heterocycles. The second-order valence-corrected chi connectivity index (χ2v) is 7.47. The molecule has 0 fully saturated rings. The summed E-state index contributed by atoms with van der Waals surface area (Å²) in [6, 6.07) is 24.8. The smallest absolute Gasteiger partial charge is 0.300 e. The quantitative estimate of drug-likeness (QED) is 0.494. The van der Waals surface area contributed by atoms with Gasteiger partial charge in [-0.2, -0.15) is 0 Å². The van der Waals surface area contributed by atoms with E-state index in [-0.39, 0.29) is 5.91 Å². The summed E-state index contributed by atoms with van der Waals surface area (Å²) in [6.45, 7) is 2.47. The van der Waals surface area contributed by atoms with Gasteiger partial charge in [0.15, 0.2) is 17.3 Å². The zero-order chi connectivity index (χ0) is 21.2. The van der Waals surface area contributed by atoms with E-state index in [4.69, 9.17) is 14.5 Å². The number of imidazole rings is 1. The van der Waals surface area contributed by atoms with E-state index in [1.54, 1.807) is 0 Å². The Morgan fingerprint density at radius 1 is 0.968 bits per heavy atom. The van der Waals surface area contributed by atoms with E-state index in [0.29, 0.717) is 30.3 Å². The van der Waals surface area contributed by atoms with E-state index in [2.05, 4.69) is 5.32 Å². The predicted octanol–water partition coefficient (Wildman–Crippen LogP) is 4.77. The molecule has 1 N–H and O–H groups in total. The Labute approximate surface area is 180 Å². The molecule has 5 rings (SSSR count). The number of para-hydroxylation sites is 4. The molecule has 1 aliphatic rings. The first-order valence-corrected chi connectivity index (χ1v) is 10.5. The normalized spacial score (nSPS) is 14.0. The zero-order valence-corrected chi connectivity index (χ0v) is 17.2. The SMILES string of the molecule is CCC(C(=O)NCc1ccccc1)n1c(C2Oc3ccccc3O2)nc2ccccc21. The highest BCUT2D eigenvalue weighted by Crippen LogP contribution is 2.41. The Balaban J connectivity index is 1.49. The molecule has 0 radical (unpaired) electrons. The first kappa shape index (κ1) is 19.2. The highest BCUT2D eigenvalue weighted by atomic mass is 16.7. The third-order valence-corrected chi connectivity index (χ3v) is 5.46. The number of carbonyl (C=O) groups is 1. The number of ether oxygens (including phenoxy) is 2. The summed E-state index contributed by atoms with van der Waals surface area (Å²) < 4.78 is 14.0. The van der Waals surface area contributed by atoms with Crippen molar-refractivity contribution in [2.24, 2.45) is 0 Å². The molecule has 1 unspecified atom stereocenters. The maximum Gasteiger partial charge on any atom is 0.300 e. The van der Waals surface area contributed by atoms with E-state index >= 15 is 0 Å². The van der Waals surface area contributed by atoms with E-state index < -0.39 is 12.3 Å². The van der Waals surface area contributed by atoms with Crippen LogP contribution in [-0.2, 0) is 11.3 Å². The first-order chi connectivity index (χ1) is 15.2. The lowest BCUT2D eigenvalue weighted by molar-refractivity contribution is -0.124. The summed E-state index contributed by atoms with van der Waals surface area (Å²) in [5.41, 5.74) is 2.73. The van der Waals surface area contributed by atoms with Gasteiger partial charge in [-0.3, -0.25) is 4.79 Å². The summed E-state index contributed by atoms with van der Waals surface area (Å²) in [4.78, 5) is 18.0. The summed E-state index contributed by atoms with van der Waals surface area (Å²) in [5, 5.41) is 3.07. The lowest BCUT2D eigenvalue weighted by Crippen LogP contribution is -2.33. The number of rotatable bonds is 6. The Bertz CT molecular complexity index is 1190. The molecular formula is C25H23N3O3. The van der Waals surface area contributed by atoms with Gasteiger partial charge in [0.2, 0.25) is 5.91 Å². The number of nitrogens with zero attached hydrogens (tertiary/aromatic N) is 2. The van der Waals surface area contributed by atoms with Gasteiger partial charge in [0, 0.05) is 6.54 Å². The number of carbonyl (C=O) groups excluding carboxylic acids is 1. The number of amides is 1. The van der Waals surface area contributed by atoms with Crippen molar-refractivity contribution in [3.05, 3.63) is 90.3 Å². The minimum atomic E-state index is -0.708. The van der Waals surface area contributed by atoms with Gasteiger partial charge in [0.05, 0.1) is 11.0 Å². The van der Waals surface area contributed by atoms with Crippen molar-refractivity contribution in [2.75, 3.05) is 0 Å². The largest absolute Gasteiger partial charge is 0.444 e. The minimum absolute atomic E-state index is 0.0636. The lowest BCUT2D eigenvalue weighted by atomic mass is 10.1. The van der Waals surface area contributed by atoms with E-state index in [0.717, 1.165) is 16.6 Å². The van der Waals surface area contributed by atoms with Crippen molar-refractivity contribution < 1.29 is 14.3 Å². The molecule has 0 aliphatic carbocycles. The van der Waals surface area contributed by atoms with Crippen molar-refractivity contribution in [3.63, 3.8) is 0 Å². The van der Waals surface area contributed by atoms with Crippen molar-refractivity contribution in [2.45, 2.75) is 32.2 Å². The van der Waals surface area contributed by atoms with Crippen LogP contribution in [-0.4, -0.2) is 15.5 Å². The van der Waals surface area contributed by atoms with Gasteiger partial charge in [0.1, 0.15) is 6.04 Å². The van der Waals surface area contributed by atoms with Gasteiger partial charge < -0.3 is 19.4 Å². The van der Waals surface area contributed by atoms with Crippen molar-refractivity contribution >= 4 is 16.9 Å². The molecule has 3 aromatic carbocycles. The van der Waals surface area contributed by atoms with Crippen LogP contribution in [0.5, 0.6) is 11.5 Å². The third-order valence-electron chi connectivity index (χ3n) is 5.46. The Kier molecular flexibility index (Phi) is 5.04. The van der Waals surface area contributed by atoms with Crippen LogP contribution in [0.4, 0.5) is 0 Å². The number of aromatic nitrogens is 2. The molecular weight excluding hydrogens is 390 g/mol. The van der Waals surface area contributed by atoms with Gasteiger partial charge >= 0.3 is 6.29 Å². The number of fused-ring (bicyclic) bond motifs is 2. The number of benzene rings is 3. The zero-order valence-electron chi connectivity index (χ0n) is 17.2. The maximum absolute atomic E-state index is 13.2. The van der Waals surface area contributed by atoms with Gasteiger partial charge in [0.25, 0.3) is 0 Å². The molecule has 1 atom stereocenters. The number of hydrogen-bond donors (Lipinski definition) is 1. The molecule has 1 aromatic heterocycles. The van der Waals surface area contributed by atoms with Crippen LogP contribution in [0.25, 0.3) is 11.0 Å². The van der Waals surface area contributed by atoms with Gasteiger partial charge in [-0.1, -0.05) is 61.5 Å². The van der Waals surface area contributed by atoms with Crippen molar-refractivity contribution in [1.82, 2.24) is 14.9 Å². The molecule has 156 valence electrons. The van der Waals surface area contributed by atoms with Crippen molar-refractivity contribution in [1.29, 1.82) is 0 Å². The van der Waals surface area contributed by atoms with Crippen LogP contribution in [0.1, 0.15) is 37.1 Å². The Hall–Kier alpha value is -3.80. The van der Waals surface area contributed by atoms with Crippen LogP contribution in [0, 0.1) is 0 Å². The maximum atomic E-state index is 13.2. The topological polar surface area (TPSA) is 65.4 Å². The monoisotopic (exact) mass is 413 g/mol. The molecule has 1 amide bonds. The van der Waals surface area contributed by atoms with Crippen LogP contribution >= 0.6 is 0 Å². The second kappa shape index (κ2) is 8.14. The van der Waals surface area contributed by atoms with Gasteiger partial charge in [-0.05, 0) is 36.2 Å². The molecule has 1 aliphatic heterocycles. The van der Waals surface area contributed by atoms with Crippen LogP contribution in [0.15, 0.2) is 78.9 Å². The summed E-state index contributed by atoms with van der Waals surface area (Å²) in [5.74, 6) is 1.87. The van der Waals surface area contributed by atoms with Gasteiger partial charge in [-0.15, -0.1) is 0 Å². The van der Waals surface area contributed by atoms with Crippen molar-refractivity contribution in [3.8, 4) is 11.5 Å². The fraction of sp³-hybridized carbons (Fsp3) is 0.200. The van der Waals surface area contributed by atoms with Crippen LogP contribution in [0.3, 0.4) is 0 Å². The second-order valence-electron chi connectivity index (χ2n) is 7.47. The minimum Gasteiger partial charge on any atom is -0.444 e. The number of nitrogens with one attached hydrogen (secondary N) is 1. The average molecular weight is 413 g/mol. The highest BCUT2D eigenvalue weighted by Gasteiger charge is 2.34. The molecule has 31 heavy (non-hydrogen) atoms. The lowest BCUT2D eigenvalue weighted by Gasteiger charge is -2.21. The number of hydrogen-bond acceptors (Lipinski definition) is 4. The molecule has 6 nitrogen and oxygen atoms in total. The van der Waals surface area contributed by atoms with E-state index in [1.807, 2.05) is 90.4 Å². The van der Waals surface area contributed by atoms with Gasteiger partial charge in [-0.25, -0.2) is 4.98 Å². The molecule has 0 saturated carbocycles. The average Bonchev–Trinajstić information content (AvgIpc) is 3.41. The summed E-state index contributed by atoms with van der Waals surface area (Å²) in [7, 11) is 0. The van der Waals surface area contributed by atoms with Crippen LogP contribution in [0.2, 0.25) is 0 Å². The predicted molar refractivity (Wildman–Crippen MR) is 118 cm³/mol. The fourth-order valence-corrected chi connectivity index (χ4v) is 3.95. The molecule has 0 bridgehead atoms. The third kappa shape index (κ3) is 3.61. The fourth-order valence-electron chi connectivity index (χ4n) is 3.95. The Morgan fingerprint density at radius 3 is 2.32 bits per heavy atom. The standard InChI is InChI=1S/C25H23N3O3/c1-2-19(24(29)26-16-17-10-4-3-5-11-17)28-20-13-7-6-12-18(20)27-23(28)25-30-21-14-8-9-15-22(21)31-25/h3-15,19,25H,2,16H2,1H3,(H,26,29). The molecule has 0 saturated heterocycles. The summed E-state index contributed by atoms with van der Waals surface area (Å²) >= 11 is 0. The van der Waals surface area contributed by atoms with E-state index in [9.17, 15) is 4.79 Å². The molecule has 4 aromatic rings. The first-order valence-electron chi connectivity index (χ1n) is 10.5. The molecule has 0 spiro atoms.